The van der Waals surface area contributed by atoms with Crippen molar-refractivity contribution in [3.63, 3.8) is 0 Å². The van der Waals surface area contributed by atoms with Crippen molar-refractivity contribution in [2.75, 3.05) is 40.0 Å². The highest BCUT2D eigenvalue weighted by Crippen LogP contribution is 2.36. The number of aliphatic hydroxyl groups is 2. The molecule has 1 saturated heterocycles. The van der Waals surface area contributed by atoms with Gasteiger partial charge in [0.05, 0.1) is 38.4 Å². The lowest BCUT2D eigenvalue weighted by Crippen LogP contribution is -2.38. The van der Waals surface area contributed by atoms with E-state index in [9.17, 15) is 33.4 Å². The summed E-state index contributed by atoms with van der Waals surface area (Å²) in [6, 6.07) is 13.6. The molecular formula is C42H69F2N10O11P. The fraction of sp³-hybridized carbons (Fsp3) is 0.595. The first-order chi connectivity index (χ1) is 31.5. The number of allylic oxidation sites excluding steroid dienone is 1. The number of ether oxygens (including phenoxy) is 2. The minimum atomic E-state index is -1.84. The van der Waals surface area contributed by atoms with E-state index in [4.69, 9.17) is 51.5 Å². The Morgan fingerprint density at radius 2 is 1.77 bits per heavy atom. The summed E-state index contributed by atoms with van der Waals surface area (Å²) in [5.41, 5.74) is 17.9. The number of carbonyl (C=O) groups excluding carboxylic acids is 1. The van der Waals surface area contributed by atoms with E-state index < -0.39 is 69.9 Å². The number of benzene rings is 1. The number of nitrogens with one attached hydrogen (secondary N) is 2. The molecule has 3 rings (SSSR count). The Labute approximate surface area is 386 Å². The van der Waals surface area contributed by atoms with E-state index in [0.717, 1.165) is 35.4 Å². The number of nitriles is 2. The van der Waals surface area contributed by atoms with Crippen LogP contribution in [0.2, 0.25) is 0 Å². The highest BCUT2D eigenvalue weighted by molar-refractivity contribution is 7.26. The number of alkyl halides is 2. The number of aromatic nitrogens is 2. The minimum Gasteiger partial charge on any atom is -0.394 e. The lowest BCUT2D eigenvalue weighted by atomic mass is 10.1. The quantitative estimate of drug-likeness (QED) is 0.0292. The van der Waals surface area contributed by atoms with Gasteiger partial charge in [0.25, 0.3) is 11.5 Å². The molecule has 66 heavy (non-hydrogen) atoms. The summed E-state index contributed by atoms with van der Waals surface area (Å²) in [5.74, 6) is 0.158. The molecule has 0 saturated carbocycles. The topological polar surface area (TPSA) is 341 Å². The lowest BCUT2D eigenvalue weighted by Gasteiger charge is -2.23. The Kier molecular flexibility index (Phi) is 37.9. The van der Waals surface area contributed by atoms with Gasteiger partial charge in [-0.15, -0.1) is 0 Å². The maximum atomic E-state index is 14.8. The monoisotopic (exact) mass is 958 g/mol. The van der Waals surface area contributed by atoms with Crippen LogP contribution in [0.4, 0.5) is 8.78 Å². The highest BCUT2D eigenvalue weighted by Gasteiger charge is 2.47. The SMILES string of the molecule is CCC(C)C=NC(C(N)=NC(=O)c1ccccc1)=C(C)C.CCCCN.COC(COPOC1C(CO)OC(n2ccc(=O)[nH]c2=O)C1F)C(O)C(C)F.N#CCCN.N#CCCONO. The molecule has 9 atom stereocenters. The van der Waals surface area contributed by atoms with Crippen LogP contribution >= 0.6 is 9.03 Å². The first kappa shape index (κ1) is 63.4. The van der Waals surface area contributed by atoms with Crippen molar-refractivity contribution in [1.29, 1.82) is 10.5 Å². The number of nitrogens with two attached hydrogens (primary N) is 3. The Bertz CT molecular complexity index is 1890. The van der Waals surface area contributed by atoms with Crippen LogP contribution < -0.4 is 34.1 Å². The third kappa shape index (κ3) is 27.0. The fourth-order valence-corrected chi connectivity index (χ4v) is 5.31. The predicted octanol–water partition coefficient (Wildman–Crippen LogP) is 3.42. The molecule has 1 aliphatic heterocycles. The van der Waals surface area contributed by atoms with Crippen LogP contribution in [0.1, 0.15) is 90.2 Å². The smallest absolute Gasteiger partial charge is 0.330 e. The Hall–Kier alpha value is -4.72. The number of rotatable bonds is 21. The number of aliphatic hydroxyl groups excluding tert-OH is 2. The molecule has 0 spiro atoms. The molecule has 11 N–H and O–H groups in total. The number of amides is 1. The molecule has 24 heteroatoms. The molecule has 1 aromatic carbocycles. The number of hydrogen-bond donors (Lipinski definition) is 8. The molecule has 0 radical (unpaired) electrons. The van der Waals surface area contributed by atoms with Crippen LogP contribution in [-0.2, 0) is 23.4 Å². The van der Waals surface area contributed by atoms with Crippen molar-refractivity contribution in [3.05, 3.63) is 80.3 Å². The van der Waals surface area contributed by atoms with Crippen LogP contribution in [0.5, 0.6) is 0 Å². The predicted molar refractivity (Wildman–Crippen MR) is 247 cm³/mol. The Morgan fingerprint density at radius 1 is 1.12 bits per heavy atom. The van der Waals surface area contributed by atoms with Gasteiger partial charge >= 0.3 is 5.69 Å². The van der Waals surface area contributed by atoms with E-state index >= 15 is 0 Å². The molecule has 1 aromatic heterocycles. The van der Waals surface area contributed by atoms with Gasteiger partial charge in [0.1, 0.15) is 36.3 Å². The van der Waals surface area contributed by atoms with Gasteiger partial charge in [0, 0.05) is 44.1 Å². The molecule has 2 aromatic rings. The van der Waals surface area contributed by atoms with Gasteiger partial charge in [-0.25, -0.2) is 13.6 Å². The van der Waals surface area contributed by atoms with Crippen LogP contribution in [-0.4, -0.2) is 120 Å². The highest BCUT2D eigenvalue weighted by atomic mass is 31.1. The van der Waals surface area contributed by atoms with Crippen molar-refractivity contribution in [2.45, 2.75) is 117 Å². The third-order valence-electron chi connectivity index (χ3n) is 8.47. The number of halogens is 2. The lowest BCUT2D eigenvalue weighted by molar-refractivity contribution is -0.125. The first-order valence-electron chi connectivity index (χ1n) is 20.9. The molecule has 0 bridgehead atoms. The summed E-state index contributed by atoms with van der Waals surface area (Å²) in [7, 11) is 0.554. The maximum Gasteiger partial charge on any atom is 0.330 e. The van der Waals surface area contributed by atoms with Crippen LogP contribution in [0.3, 0.4) is 0 Å². The number of nitrogens with zero attached hydrogens (tertiary/aromatic N) is 5. The van der Waals surface area contributed by atoms with Crippen molar-refractivity contribution in [2.24, 2.45) is 33.1 Å². The number of aromatic amines is 1. The van der Waals surface area contributed by atoms with E-state index in [1.54, 1.807) is 24.3 Å². The zero-order valence-corrected chi connectivity index (χ0v) is 39.6. The molecule has 21 nitrogen and oxygen atoms in total. The molecule has 9 unspecified atom stereocenters. The van der Waals surface area contributed by atoms with E-state index in [0.29, 0.717) is 30.1 Å². The summed E-state index contributed by atoms with van der Waals surface area (Å²) in [5, 5.41) is 42.3. The van der Waals surface area contributed by atoms with E-state index in [1.807, 2.05) is 43.3 Å². The zero-order valence-electron chi connectivity index (χ0n) is 38.6. The van der Waals surface area contributed by atoms with Crippen LogP contribution in [0, 0.1) is 28.6 Å². The van der Waals surface area contributed by atoms with Crippen molar-refractivity contribution >= 4 is 27.0 Å². The number of carbonyl (C=O) groups is 1. The number of aliphatic imine (C=N–C) groups is 2. The summed E-state index contributed by atoms with van der Waals surface area (Å²) >= 11 is 0. The van der Waals surface area contributed by atoms with E-state index in [2.05, 4.69) is 35.6 Å². The minimum absolute atomic E-state index is 0.156. The van der Waals surface area contributed by atoms with Gasteiger partial charge in [-0.1, -0.05) is 51.0 Å². The number of H-pyrrole nitrogens is 1. The van der Waals surface area contributed by atoms with Gasteiger partial charge in [-0.05, 0) is 63.8 Å². The van der Waals surface area contributed by atoms with Gasteiger partial charge in [0.2, 0.25) is 0 Å². The van der Waals surface area contributed by atoms with E-state index in [1.165, 1.54) is 32.5 Å². The Balaban J connectivity index is 0. The van der Waals surface area contributed by atoms with E-state index in [-0.39, 0.29) is 31.4 Å². The summed E-state index contributed by atoms with van der Waals surface area (Å²) in [6.07, 6.45) is -2.39. The van der Waals surface area contributed by atoms with Gasteiger partial charge in [0.15, 0.2) is 27.3 Å². The standard InChI is InChI=1S/C17H23N3O.C15H23F2N2O8P.C4H11N.C3H6N2O2.C3H6N2/c1-5-13(4)11-19-15(12(2)3)16(18)20-17(21)14-9-7-6-8-10-14;1-7(16)12(22)9(24-2)6-25-28-27-13-8(5-20)26-14(11(13)17)19-4-3-10(21)18-15(19)23;1-2-3-4-5;4-2-1-3-7-5-6;4-2-1-3-5/h6-11,13H,5H2,1-4H3,(H2,18,20,21);3-4,7-9,11-14,20,22,28H,5-6H2,1-2H3,(H,18,21,23);2-5H2,1H3;5-6H,1,3H2;1-2,4H2. The number of methoxy groups -OCH3 is 1. The van der Waals surface area contributed by atoms with Crippen molar-refractivity contribution in [3.8, 4) is 12.1 Å². The average Bonchev–Trinajstić information content (AvgIpc) is 3.61. The summed E-state index contributed by atoms with van der Waals surface area (Å²) in [4.78, 5) is 49.5. The number of amidine groups is 1. The maximum absolute atomic E-state index is 14.8. The van der Waals surface area contributed by atoms with Crippen LogP contribution in [0.15, 0.2) is 73.4 Å². The fourth-order valence-electron chi connectivity index (χ4n) is 4.62. The number of hydrogen-bond acceptors (Lipinski definition) is 17. The van der Waals surface area contributed by atoms with Gasteiger partial charge in [-0.2, -0.15) is 15.5 Å². The molecule has 1 fully saturated rings. The average molecular weight is 959 g/mol. The van der Waals surface area contributed by atoms with Gasteiger partial charge in [-0.3, -0.25) is 34.2 Å². The molecule has 0 aliphatic carbocycles. The summed E-state index contributed by atoms with van der Waals surface area (Å²) < 4.78 is 49.5. The van der Waals surface area contributed by atoms with Gasteiger partial charge < -0.3 is 45.9 Å². The third-order valence-corrected chi connectivity index (χ3v) is 9.13. The number of unbranched alkanes of at least 4 members (excludes halogenated alkanes) is 1. The van der Waals surface area contributed by atoms with Crippen LogP contribution in [0.25, 0.3) is 0 Å². The van der Waals surface area contributed by atoms with Crippen molar-refractivity contribution in [1.82, 2.24) is 15.2 Å². The largest absolute Gasteiger partial charge is 0.394 e. The normalized spacial score (nSPS) is 18.3. The molecule has 1 aliphatic rings. The molecule has 2 heterocycles. The summed E-state index contributed by atoms with van der Waals surface area (Å²) in [6.45, 7) is 12.0. The molecule has 372 valence electrons. The zero-order chi connectivity index (χ0) is 50.5. The molecule has 1 amide bonds. The Morgan fingerprint density at radius 3 is 2.23 bits per heavy atom. The second kappa shape index (κ2) is 39.4. The first-order valence-corrected chi connectivity index (χ1v) is 21.7. The second-order valence-electron chi connectivity index (χ2n) is 14.0. The second-order valence-corrected chi connectivity index (χ2v) is 14.7. The van der Waals surface area contributed by atoms with Crippen molar-refractivity contribution < 1.29 is 52.4 Å². The molecular weight excluding hydrogens is 889 g/mol.